The molecule has 0 spiro atoms. The Labute approximate surface area is 300 Å². The Morgan fingerprint density at radius 1 is 0.431 bits per heavy atom. The first-order valence-electron chi connectivity index (χ1n) is 18.2. The van der Waals surface area contributed by atoms with Gasteiger partial charge in [0.05, 0.1) is 0 Å². The maximum absolute atomic E-state index is 6.38. The van der Waals surface area contributed by atoms with E-state index in [1.807, 2.05) is 12.1 Å². The second-order valence-corrected chi connectivity index (χ2v) is 16.2. The number of anilines is 3. The molecule has 1 aromatic heterocycles. The number of para-hydroxylation sites is 2. The van der Waals surface area contributed by atoms with Gasteiger partial charge in [-0.25, -0.2) is 0 Å². The van der Waals surface area contributed by atoms with Crippen LogP contribution in [0.2, 0.25) is 0 Å². The molecule has 0 fully saturated rings. The van der Waals surface area contributed by atoms with Crippen molar-refractivity contribution in [2.45, 2.75) is 57.8 Å². The first kappa shape index (κ1) is 30.2. The van der Waals surface area contributed by atoms with Gasteiger partial charge in [-0.05, 0) is 109 Å². The number of hydrogen-bond acceptors (Lipinski definition) is 2. The van der Waals surface area contributed by atoms with Crippen LogP contribution in [0.4, 0.5) is 17.1 Å². The van der Waals surface area contributed by atoms with Gasteiger partial charge in [-0.15, -0.1) is 0 Å². The van der Waals surface area contributed by atoms with E-state index < -0.39 is 0 Å². The van der Waals surface area contributed by atoms with Crippen molar-refractivity contribution in [2.75, 3.05) is 4.90 Å². The van der Waals surface area contributed by atoms with Crippen LogP contribution < -0.4 is 4.90 Å². The molecule has 2 aliphatic rings. The van der Waals surface area contributed by atoms with Crippen LogP contribution in [0.1, 0.15) is 63.8 Å². The molecule has 2 nitrogen and oxygen atoms in total. The highest BCUT2D eigenvalue weighted by Crippen LogP contribution is 2.62. The minimum Gasteiger partial charge on any atom is -0.456 e. The van der Waals surface area contributed by atoms with Crippen molar-refractivity contribution in [2.24, 2.45) is 0 Å². The molecule has 7 aromatic carbocycles. The van der Waals surface area contributed by atoms with Crippen molar-refractivity contribution in [3.63, 3.8) is 0 Å². The van der Waals surface area contributed by atoms with Crippen LogP contribution in [-0.4, -0.2) is 0 Å². The zero-order chi connectivity index (χ0) is 34.9. The Bertz CT molecular complexity index is 2720. The molecule has 0 saturated heterocycles. The maximum atomic E-state index is 6.38. The first-order chi connectivity index (χ1) is 24.6. The third-order valence-corrected chi connectivity index (χ3v) is 12.7. The maximum Gasteiger partial charge on any atom is 0.137 e. The van der Waals surface area contributed by atoms with Crippen LogP contribution in [0.25, 0.3) is 55.0 Å². The van der Waals surface area contributed by atoms with Crippen molar-refractivity contribution in [3.05, 3.63) is 162 Å². The minimum atomic E-state index is -0.216. The SMILES string of the molecule is CC1(C)c2cc(N(c3ccccc3)c3ccc4c(c3)oc3ccccc34)ccc2-c2ccc3c(c21)C(C)(C)C(C)(C)c1ccc2ccccc2c1-3. The van der Waals surface area contributed by atoms with E-state index in [0.29, 0.717) is 0 Å². The van der Waals surface area contributed by atoms with E-state index in [9.17, 15) is 0 Å². The van der Waals surface area contributed by atoms with Crippen molar-refractivity contribution >= 4 is 49.8 Å². The lowest BCUT2D eigenvalue weighted by Crippen LogP contribution is -2.45. The van der Waals surface area contributed by atoms with Gasteiger partial charge < -0.3 is 9.32 Å². The molecule has 2 aliphatic carbocycles. The zero-order valence-corrected chi connectivity index (χ0v) is 30.1. The summed E-state index contributed by atoms with van der Waals surface area (Å²) in [4.78, 5) is 2.37. The molecule has 0 unspecified atom stereocenters. The fourth-order valence-corrected chi connectivity index (χ4v) is 9.50. The van der Waals surface area contributed by atoms with Crippen molar-refractivity contribution in [1.82, 2.24) is 0 Å². The third-order valence-electron chi connectivity index (χ3n) is 12.7. The quantitative estimate of drug-likeness (QED) is 0.188. The molecule has 1 heterocycles. The number of benzene rings is 7. The molecule has 248 valence electrons. The molecule has 0 radical (unpaired) electrons. The van der Waals surface area contributed by atoms with E-state index in [1.165, 1.54) is 55.3 Å². The summed E-state index contributed by atoms with van der Waals surface area (Å²) >= 11 is 0. The second-order valence-electron chi connectivity index (χ2n) is 16.2. The summed E-state index contributed by atoms with van der Waals surface area (Å²) in [7, 11) is 0. The minimum absolute atomic E-state index is 0.0795. The molecule has 10 rings (SSSR count). The Hall–Kier alpha value is -5.60. The lowest BCUT2D eigenvalue weighted by Gasteiger charge is -2.50. The molecule has 0 N–H and O–H groups in total. The predicted molar refractivity (Wildman–Crippen MR) is 215 cm³/mol. The van der Waals surface area contributed by atoms with E-state index in [-0.39, 0.29) is 16.2 Å². The van der Waals surface area contributed by atoms with Gasteiger partial charge in [0.1, 0.15) is 11.2 Å². The third kappa shape index (κ3) is 3.99. The van der Waals surface area contributed by atoms with Crippen molar-refractivity contribution in [1.29, 1.82) is 0 Å². The number of furan rings is 1. The van der Waals surface area contributed by atoms with Gasteiger partial charge in [0.25, 0.3) is 0 Å². The molecular formula is C49H41NO. The van der Waals surface area contributed by atoms with Crippen molar-refractivity contribution < 1.29 is 4.42 Å². The van der Waals surface area contributed by atoms with E-state index >= 15 is 0 Å². The van der Waals surface area contributed by atoms with Gasteiger partial charge in [-0.1, -0.05) is 133 Å². The van der Waals surface area contributed by atoms with E-state index in [0.717, 1.165) is 39.0 Å². The highest BCUT2D eigenvalue weighted by atomic mass is 16.3. The summed E-state index contributed by atoms with van der Waals surface area (Å²) in [5.41, 5.74) is 16.0. The Morgan fingerprint density at radius 3 is 1.90 bits per heavy atom. The van der Waals surface area contributed by atoms with Crippen LogP contribution in [0.5, 0.6) is 0 Å². The zero-order valence-electron chi connectivity index (χ0n) is 30.1. The van der Waals surface area contributed by atoms with E-state index in [4.69, 9.17) is 4.42 Å². The molecule has 2 heteroatoms. The lowest BCUT2D eigenvalue weighted by atomic mass is 9.53. The number of rotatable bonds is 3. The highest BCUT2D eigenvalue weighted by molar-refractivity contribution is 6.06. The molecule has 8 aromatic rings. The monoisotopic (exact) mass is 659 g/mol. The van der Waals surface area contributed by atoms with Crippen LogP contribution in [0, 0.1) is 0 Å². The topological polar surface area (TPSA) is 16.4 Å². The number of hydrogen-bond donors (Lipinski definition) is 0. The van der Waals surface area contributed by atoms with Crippen molar-refractivity contribution in [3.8, 4) is 22.3 Å². The van der Waals surface area contributed by atoms with Gasteiger partial charge in [0, 0.05) is 39.3 Å². The van der Waals surface area contributed by atoms with E-state index in [1.54, 1.807) is 0 Å². The summed E-state index contributed by atoms with van der Waals surface area (Å²) in [6.45, 7) is 14.7. The predicted octanol–water partition coefficient (Wildman–Crippen LogP) is 13.8. The highest BCUT2D eigenvalue weighted by Gasteiger charge is 2.51. The molecule has 0 aliphatic heterocycles. The lowest BCUT2D eigenvalue weighted by molar-refractivity contribution is 0.295. The summed E-state index contributed by atoms with van der Waals surface area (Å²) in [5, 5.41) is 4.92. The van der Waals surface area contributed by atoms with E-state index in [2.05, 4.69) is 174 Å². The molecule has 0 saturated carbocycles. The summed E-state index contributed by atoms with van der Waals surface area (Å²) in [5.74, 6) is 0. The van der Waals surface area contributed by atoms with Gasteiger partial charge in [0.15, 0.2) is 0 Å². The second kappa shape index (κ2) is 10.2. The number of fused-ring (bicyclic) bond motifs is 12. The summed E-state index contributed by atoms with van der Waals surface area (Å²) in [6, 6.07) is 51.2. The largest absolute Gasteiger partial charge is 0.456 e. The molecular weight excluding hydrogens is 619 g/mol. The van der Waals surface area contributed by atoms with Gasteiger partial charge in [0.2, 0.25) is 0 Å². The molecule has 51 heavy (non-hydrogen) atoms. The normalized spacial score (nSPS) is 16.1. The van der Waals surface area contributed by atoms with Crippen LogP contribution in [0.15, 0.2) is 144 Å². The fourth-order valence-electron chi connectivity index (χ4n) is 9.50. The average Bonchev–Trinajstić information content (AvgIpc) is 3.62. The Kier molecular flexibility index (Phi) is 6.07. The Morgan fingerprint density at radius 2 is 1.08 bits per heavy atom. The summed E-state index contributed by atoms with van der Waals surface area (Å²) < 4.78 is 6.38. The van der Waals surface area contributed by atoms with Crippen LogP contribution >= 0.6 is 0 Å². The van der Waals surface area contributed by atoms with Gasteiger partial charge >= 0.3 is 0 Å². The fraction of sp³-hybridized carbons (Fsp3) is 0.184. The molecule has 0 bridgehead atoms. The first-order valence-corrected chi connectivity index (χ1v) is 18.2. The van der Waals surface area contributed by atoms with Crippen LogP contribution in [-0.2, 0) is 16.2 Å². The smallest absolute Gasteiger partial charge is 0.137 e. The average molecular weight is 660 g/mol. The van der Waals surface area contributed by atoms with Gasteiger partial charge in [-0.2, -0.15) is 0 Å². The molecule has 0 amide bonds. The number of nitrogens with zero attached hydrogens (tertiary/aromatic N) is 1. The van der Waals surface area contributed by atoms with Gasteiger partial charge in [-0.3, -0.25) is 0 Å². The Balaban J connectivity index is 1.18. The standard InChI is InChI=1S/C49H41NO/c1-47(2)41-28-32(50(31-15-8-7-9-16-31)33-22-24-37-36-18-12-13-19-42(36)51-43(37)29-33)21-23-35(41)38-25-26-39-44-34-17-11-10-14-30(34)20-27-40(44)48(3,4)49(5,6)46(39)45(38)47/h7-29H,1-6H3. The van der Waals surface area contributed by atoms with Crippen LogP contribution in [0.3, 0.4) is 0 Å². The molecule has 0 atom stereocenters. The summed E-state index contributed by atoms with van der Waals surface area (Å²) in [6.07, 6.45) is 0.